The summed E-state index contributed by atoms with van der Waals surface area (Å²) < 4.78 is 11.6. The first-order valence-electron chi connectivity index (χ1n) is 9.89. The van der Waals surface area contributed by atoms with E-state index in [0.717, 1.165) is 12.8 Å². The lowest BCUT2D eigenvalue weighted by atomic mass is 9.41. The molecule has 150 valence electrons. The Labute approximate surface area is 168 Å². The third kappa shape index (κ3) is 6.15. The van der Waals surface area contributed by atoms with Crippen molar-refractivity contribution >= 4 is 24.3 Å². The fourth-order valence-corrected chi connectivity index (χ4v) is 4.03. The normalized spacial score (nSPS) is 24.2. The molecule has 0 bridgehead atoms. The summed E-state index contributed by atoms with van der Waals surface area (Å²) in [5, 5.41) is 10.5. The number of hydrogen-bond acceptors (Lipinski definition) is 4. The van der Waals surface area contributed by atoms with E-state index in [0.29, 0.717) is 34.8 Å². The van der Waals surface area contributed by atoms with Gasteiger partial charge in [-0.1, -0.05) is 45.0 Å². The van der Waals surface area contributed by atoms with Crippen molar-refractivity contribution in [2.75, 3.05) is 0 Å². The van der Waals surface area contributed by atoms with Gasteiger partial charge in [-0.2, -0.15) is 0 Å². The Morgan fingerprint density at radius 2 is 2.00 bits per heavy atom. The van der Waals surface area contributed by atoms with Crippen LogP contribution in [0.25, 0.3) is 0 Å². The van der Waals surface area contributed by atoms with Crippen molar-refractivity contribution in [2.45, 2.75) is 84.2 Å². The second-order valence-electron chi connectivity index (χ2n) is 8.75. The van der Waals surface area contributed by atoms with Crippen molar-refractivity contribution < 1.29 is 19.4 Å². The van der Waals surface area contributed by atoms with Crippen molar-refractivity contribution in [2.24, 2.45) is 5.92 Å². The molecule has 1 aromatic rings. The number of ether oxygens (including phenoxy) is 2. The molecule has 0 amide bonds. The van der Waals surface area contributed by atoms with Crippen LogP contribution in [0.3, 0.4) is 0 Å². The maximum atomic E-state index is 12.9. The van der Waals surface area contributed by atoms with Gasteiger partial charge in [0.05, 0.1) is 12.0 Å². The van der Waals surface area contributed by atoms with E-state index in [4.69, 9.17) is 21.1 Å². The lowest BCUT2D eigenvalue weighted by Gasteiger charge is -2.36. The highest BCUT2D eigenvalue weighted by molar-refractivity contribution is 6.57. The molecule has 4 nitrogen and oxygen atoms in total. The van der Waals surface area contributed by atoms with E-state index in [9.17, 15) is 9.90 Å². The maximum absolute atomic E-state index is 12.9. The summed E-state index contributed by atoms with van der Waals surface area (Å²) in [6.07, 6.45) is 3.13. The fourth-order valence-electron chi connectivity index (χ4n) is 3.85. The van der Waals surface area contributed by atoms with Gasteiger partial charge in [0.25, 0.3) is 0 Å². The van der Waals surface area contributed by atoms with Gasteiger partial charge in [-0.15, -0.1) is 0 Å². The van der Waals surface area contributed by atoms with Gasteiger partial charge in [0.2, 0.25) is 5.79 Å². The van der Waals surface area contributed by atoms with Gasteiger partial charge >= 0.3 is 5.97 Å². The molecule has 0 aliphatic heterocycles. The number of benzene rings is 1. The molecular formula is C21H32BClO4. The van der Waals surface area contributed by atoms with E-state index in [1.807, 2.05) is 0 Å². The van der Waals surface area contributed by atoms with E-state index in [-0.39, 0.29) is 12.1 Å². The highest BCUT2D eigenvalue weighted by Crippen LogP contribution is 2.39. The quantitative estimate of drug-likeness (QED) is 0.398. The van der Waals surface area contributed by atoms with Crippen LogP contribution < -0.4 is 4.74 Å². The van der Waals surface area contributed by atoms with Crippen molar-refractivity contribution in [1.29, 1.82) is 0 Å². The van der Waals surface area contributed by atoms with Crippen LogP contribution in [-0.2, 0) is 9.53 Å². The van der Waals surface area contributed by atoms with Crippen molar-refractivity contribution in [3.8, 4) is 5.75 Å². The maximum Gasteiger partial charge on any atom is 0.313 e. The van der Waals surface area contributed by atoms with Crippen LogP contribution in [0, 0.1) is 5.92 Å². The van der Waals surface area contributed by atoms with E-state index in [1.165, 1.54) is 6.42 Å². The number of esters is 1. The van der Waals surface area contributed by atoms with Crippen LogP contribution >= 0.6 is 11.6 Å². The molecule has 1 aliphatic rings. The van der Waals surface area contributed by atoms with Crippen molar-refractivity contribution in [1.82, 2.24) is 0 Å². The van der Waals surface area contributed by atoms with Crippen LogP contribution in [0.4, 0.5) is 0 Å². The summed E-state index contributed by atoms with van der Waals surface area (Å²) in [6.45, 7) is 12.0. The van der Waals surface area contributed by atoms with Crippen LogP contribution in [0.2, 0.25) is 24.5 Å². The lowest BCUT2D eigenvalue weighted by Crippen LogP contribution is -2.36. The SMILES string of the molecule is CB(C)C1CCC(C)CC1OC(=O)C(C)c1cc(Cl)ccc1OC(C)(C)O. The molecule has 1 saturated carbocycles. The minimum absolute atomic E-state index is 0.0541. The Bertz CT molecular complexity index is 656. The molecule has 1 aliphatic carbocycles. The molecular weight excluding hydrogens is 362 g/mol. The van der Waals surface area contributed by atoms with E-state index in [1.54, 1.807) is 39.0 Å². The van der Waals surface area contributed by atoms with E-state index in [2.05, 4.69) is 20.6 Å². The highest BCUT2D eigenvalue weighted by Gasteiger charge is 2.36. The molecule has 0 heterocycles. The second kappa shape index (κ2) is 8.87. The summed E-state index contributed by atoms with van der Waals surface area (Å²) in [5.41, 5.74) is 0.625. The predicted octanol–water partition coefficient (Wildman–Crippen LogP) is 5.41. The standard InChI is InChI=1S/C21H32BClO4/c1-13-7-9-17(22(5)6)19(11-13)26-20(24)14(2)16-12-15(23)8-10-18(16)27-21(3,4)25/h8,10,12-14,17,19,25H,7,9,11H2,1-6H3. The largest absolute Gasteiger partial charge is 0.463 e. The van der Waals surface area contributed by atoms with Crippen LogP contribution in [0.15, 0.2) is 18.2 Å². The van der Waals surface area contributed by atoms with E-state index < -0.39 is 11.7 Å². The minimum Gasteiger partial charge on any atom is -0.463 e. The first-order chi connectivity index (χ1) is 12.5. The first-order valence-corrected chi connectivity index (χ1v) is 10.3. The molecule has 1 N–H and O–H groups in total. The summed E-state index contributed by atoms with van der Waals surface area (Å²) >= 11 is 6.14. The number of carbonyl (C=O) groups is 1. The average molecular weight is 395 g/mol. The first kappa shape index (κ1) is 22.1. The van der Waals surface area contributed by atoms with Gasteiger partial charge in [0.15, 0.2) is 0 Å². The summed E-state index contributed by atoms with van der Waals surface area (Å²) in [4.78, 5) is 12.9. The molecule has 6 heteroatoms. The number of halogens is 1. The molecule has 0 spiro atoms. The average Bonchev–Trinajstić information content (AvgIpc) is 2.54. The third-order valence-electron chi connectivity index (χ3n) is 5.38. The zero-order chi connectivity index (χ0) is 20.4. The van der Waals surface area contributed by atoms with Gasteiger partial charge in [0.1, 0.15) is 12.5 Å². The van der Waals surface area contributed by atoms with E-state index >= 15 is 0 Å². The van der Waals surface area contributed by atoms with Gasteiger partial charge < -0.3 is 14.6 Å². The Morgan fingerprint density at radius 1 is 1.33 bits per heavy atom. The summed E-state index contributed by atoms with van der Waals surface area (Å²) in [7, 11) is 0. The van der Waals surface area contributed by atoms with Gasteiger partial charge in [-0.3, -0.25) is 4.79 Å². The minimum atomic E-state index is -1.35. The topological polar surface area (TPSA) is 55.8 Å². The molecule has 0 radical (unpaired) electrons. The predicted molar refractivity (Wildman–Crippen MR) is 111 cm³/mol. The van der Waals surface area contributed by atoms with Gasteiger partial charge in [0, 0.05) is 24.4 Å². The third-order valence-corrected chi connectivity index (χ3v) is 5.62. The number of rotatable bonds is 6. The molecule has 27 heavy (non-hydrogen) atoms. The van der Waals surface area contributed by atoms with Crippen LogP contribution in [0.5, 0.6) is 5.75 Å². The molecule has 1 fully saturated rings. The van der Waals surface area contributed by atoms with Gasteiger partial charge in [-0.05, 0) is 43.3 Å². The van der Waals surface area contributed by atoms with Crippen molar-refractivity contribution in [3.63, 3.8) is 0 Å². The zero-order valence-electron chi connectivity index (χ0n) is 17.3. The number of aliphatic hydroxyl groups is 1. The Balaban J connectivity index is 2.20. The lowest BCUT2D eigenvalue weighted by molar-refractivity contribution is -0.153. The van der Waals surface area contributed by atoms with Crippen LogP contribution in [-0.4, -0.2) is 29.7 Å². The summed E-state index contributed by atoms with van der Waals surface area (Å²) in [6, 6.07) is 5.07. The molecule has 1 aromatic carbocycles. The molecule has 4 atom stereocenters. The van der Waals surface area contributed by atoms with Crippen LogP contribution in [0.1, 0.15) is 58.4 Å². The van der Waals surface area contributed by atoms with Crippen molar-refractivity contribution in [3.05, 3.63) is 28.8 Å². The van der Waals surface area contributed by atoms with Gasteiger partial charge in [-0.25, -0.2) is 0 Å². The molecule has 0 saturated heterocycles. The Morgan fingerprint density at radius 3 is 2.59 bits per heavy atom. The number of hydrogen-bond donors (Lipinski definition) is 1. The monoisotopic (exact) mass is 394 g/mol. The summed E-state index contributed by atoms with van der Waals surface area (Å²) in [5.74, 6) is -0.770. The second-order valence-corrected chi connectivity index (χ2v) is 9.19. The smallest absolute Gasteiger partial charge is 0.313 e. The molecule has 2 rings (SSSR count). The molecule has 0 aromatic heterocycles. The fraction of sp³-hybridized carbons (Fsp3) is 0.667. The number of carbonyl (C=O) groups excluding carboxylic acids is 1. The molecule has 4 unspecified atom stereocenters. The zero-order valence-corrected chi connectivity index (χ0v) is 18.0. The Kier molecular flexibility index (Phi) is 7.26. The Hall–Kier alpha value is -1.20. The highest BCUT2D eigenvalue weighted by atomic mass is 35.5.